The number of nitrogens with one attached hydrogen (secondary N) is 1. The number of benzene rings is 1. The van der Waals surface area contributed by atoms with Crippen molar-refractivity contribution in [2.75, 3.05) is 0 Å². The minimum atomic E-state index is -1.29. The van der Waals surface area contributed by atoms with Gasteiger partial charge in [-0.15, -0.1) is 0 Å². The highest BCUT2D eigenvalue weighted by atomic mass is 32.2. The summed E-state index contributed by atoms with van der Waals surface area (Å²) in [4.78, 5) is 0. The SMILES string of the molecule is O=S1NC2c3ccccc3CC2O1. The molecule has 0 radical (unpaired) electrons. The molecule has 0 amide bonds. The van der Waals surface area contributed by atoms with E-state index in [0.29, 0.717) is 0 Å². The third-order valence-electron chi connectivity index (χ3n) is 2.62. The second kappa shape index (κ2) is 2.64. The Balaban J connectivity index is 2.06. The summed E-state index contributed by atoms with van der Waals surface area (Å²) in [5.41, 5.74) is 2.54. The average Bonchev–Trinajstić information content (AvgIpc) is 2.60. The zero-order valence-electron chi connectivity index (χ0n) is 6.90. The molecule has 1 aromatic rings. The van der Waals surface area contributed by atoms with E-state index in [-0.39, 0.29) is 12.1 Å². The minimum Gasteiger partial charge on any atom is -0.272 e. The van der Waals surface area contributed by atoms with Gasteiger partial charge in [0.25, 0.3) is 0 Å². The molecule has 1 aromatic carbocycles. The Morgan fingerprint density at radius 2 is 2.31 bits per heavy atom. The fourth-order valence-corrected chi connectivity index (χ4v) is 2.98. The van der Waals surface area contributed by atoms with Gasteiger partial charge in [0, 0.05) is 6.42 Å². The van der Waals surface area contributed by atoms with Crippen molar-refractivity contribution in [1.29, 1.82) is 0 Å². The maximum Gasteiger partial charge on any atom is 0.235 e. The van der Waals surface area contributed by atoms with Crippen molar-refractivity contribution in [3.63, 3.8) is 0 Å². The van der Waals surface area contributed by atoms with Gasteiger partial charge in [-0.05, 0) is 11.1 Å². The summed E-state index contributed by atoms with van der Waals surface area (Å²) in [5, 5.41) is 0. The fraction of sp³-hybridized carbons (Fsp3) is 0.333. The number of hydrogen-bond donors (Lipinski definition) is 1. The van der Waals surface area contributed by atoms with Crippen molar-refractivity contribution >= 4 is 11.3 Å². The highest BCUT2D eigenvalue weighted by Gasteiger charge is 2.40. The predicted octanol–water partition coefficient (Wildman–Crippen LogP) is 0.851. The van der Waals surface area contributed by atoms with Crippen LogP contribution < -0.4 is 4.72 Å². The third-order valence-corrected chi connectivity index (χ3v) is 3.49. The first-order chi connectivity index (χ1) is 6.34. The van der Waals surface area contributed by atoms with E-state index in [4.69, 9.17) is 4.18 Å². The maximum atomic E-state index is 11.0. The lowest BCUT2D eigenvalue weighted by Gasteiger charge is -2.04. The normalized spacial score (nSPS) is 35.8. The molecule has 1 aliphatic carbocycles. The summed E-state index contributed by atoms with van der Waals surface area (Å²) < 4.78 is 19.2. The summed E-state index contributed by atoms with van der Waals surface area (Å²) in [6, 6.07) is 8.33. The van der Waals surface area contributed by atoms with Gasteiger partial charge < -0.3 is 0 Å². The second-order valence-electron chi connectivity index (χ2n) is 3.37. The lowest BCUT2D eigenvalue weighted by atomic mass is 10.1. The Hall–Kier alpha value is -0.710. The molecule has 3 rings (SSSR count). The largest absolute Gasteiger partial charge is 0.272 e. The van der Waals surface area contributed by atoms with Crippen molar-refractivity contribution in [2.24, 2.45) is 0 Å². The standard InChI is InChI=1S/C9H9NO2S/c11-13-10-9-7-4-2-1-3-6(7)5-8(9)12-13/h1-4,8-10H,5H2. The van der Waals surface area contributed by atoms with Crippen LogP contribution in [0.2, 0.25) is 0 Å². The fourth-order valence-electron chi connectivity index (χ4n) is 2.03. The molecule has 0 aromatic heterocycles. The van der Waals surface area contributed by atoms with Crippen LogP contribution in [0.5, 0.6) is 0 Å². The van der Waals surface area contributed by atoms with Crippen LogP contribution in [0.25, 0.3) is 0 Å². The molecule has 3 nitrogen and oxygen atoms in total. The molecule has 2 aliphatic rings. The molecule has 3 unspecified atom stereocenters. The van der Waals surface area contributed by atoms with E-state index in [0.717, 1.165) is 6.42 Å². The average molecular weight is 195 g/mol. The van der Waals surface area contributed by atoms with E-state index in [1.807, 2.05) is 12.1 Å². The lowest BCUT2D eigenvalue weighted by molar-refractivity contribution is 0.240. The highest BCUT2D eigenvalue weighted by molar-refractivity contribution is 7.78. The molecule has 3 atom stereocenters. The minimum absolute atomic E-state index is 0.0678. The van der Waals surface area contributed by atoms with Gasteiger partial charge in [-0.2, -0.15) is 0 Å². The summed E-state index contributed by atoms with van der Waals surface area (Å²) in [7, 11) is 0. The monoisotopic (exact) mass is 195 g/mol. The third kappa shape index (κ3) is 1.06. The van der Waals surface area contributed by atoms with Crippen LogP contribution in [0.1, 0.15) is 17.2 Å². The van der Waals surface area contributed by atoms with Crippen molar-refractivity contribution in [2.45, 2.75) is 18.6 Å². The van der Waals surface area contributed by atoms with Crippen LogP contribution in [-0.2, 0) is 21.9 Å². The van der Waals surface area contributed by atoms with Crippen LogP contribution in [0.4, 0.5) is 0 Å². The van der Waals surface area contributed by atoms with Gasteiger partial charge in [0.05, 0.1) is 6.04 Å². The lowest BCUT2D eigenvalue weighted by Crippen LogP contribution is -2.16. The quantitative estimate of drug-likeness (QED) is 0.666. The Morgan fingerprint density at radius 3 is 3.23 bits per heavy atom. The first-order valence-electron chi connectivity index (χ1n) is 4.27. The Kier molecular flexibility index (Phi) is 1.56. The second-order valence-corrected chi connectivity index (χ2v) is 4.27. The number of fused-ring (bicyclic) bond motifs is 3. The zero-order chi connectivity index (χ0) is 8.84. The molecular weight excluding hydrogens is 186 g/mol. The number of rotatable bonds is 0. The van der Waals surface area contributed by atoms with Gasteiger partial charge in [0.1, 0.15) is 6.10 Å². The van der Waals surface area contributed by atoms with Crippen LogP contribution in [0.3, 0.4) is 0 Å². The smallest absolute Gasteiger partial charge is 0.235 e. The molecule has 4 heteroatoms. The molecule has 13 heavy (non-hydrogen) atoms. The predicted molar refractivity (Wildman–Crippen MR) is 49.0 cm³/mol. The van der Waals surface area contributed by atoms with Crippen molar-refractivity contribution in [1.82, 2.24) is 4.72 Å². The summed E-state index contributed by atoms with van der Waals surface area (Å²) in [5.74, 6) is 0. The van der Waals surface area contributed by atoms with E-state index in [9.17, 15) is 4.21 Å². The molecular formula is C9H9NO2S. The zero-order valence-corrected chi connectivity index (χ0v) is 7.71. The Labute approximate surface area is 78.9 Å². The van der Waals surface area contributed by atoms with Gasteiger partial charge in [-0.25, -0.2) is 8.93 Å². The molecule has 68 valence electrons. The van der Waals surface area contributed by atoms with Crippen molar-refractivity contribution in [3.05, 3.63) is 35.4 Å². The summed E-state index contributed by atoms with van der Waals surface area (Å²) >= 11 is -1.29. The molecule has 0 spiro atoms. The molecule has 1 heterocycles. The van der Waals surface area contributed by atoms with Crippen LogP contribution in [-0.4, -0.2) is 10.3 Å². The van der Waals surface area contributed by atoms with E-state index in [1.54, 1.807) is 0 Å². The van der Waals surface area contributed by atoms with Crippen LogP contribution >= 0.6 is 0 Å². The maximum absolute atomic E-state index is 11.0. The highest BCUT2D eigenvalue weighted by Crippen LogP contribution is 2.37. The van der Waals surface area contributed by atoms with E-state index >= 15 is 0 Å². The van der Waals surface area contributed by atoms with E-state index in [1.165, 1.54) is 11.1 Å². The Morgan fingerprint density at radius 1 is 1.46 bits per heavy atom. The molecule has 1 fully saturated rings. The molecule has 1 N–H and O–H groups in total. The van der Waals surface area contributed by atoms with Crippen LogP contribution in [0.15, 0.2) is 24.3 Å². The van der Waals surface area contributed by atoms with Gasteiger partial charge >= 0.3 is 0 Å². The molecule has 0 bridgehead atoms. The van der Waals surface area contributed by atoms with E-state index in [2.05, 4.69) is 16.9 Å². The summed E-state index contributed by atoms with van der Waals surface area (Å²) in [6.07, 6.45) is 0.942. The molecule has 1 aliphatic heterocycles. The molecule has 1 saturated heterocycles. The van der Waals surface area contributed by atoms with Gasteiger partial charge in [-0.3, -0.25) is 4.18 Å². The number of hydrogen-bond acceptors (Lipinski definition) is 2. The first-order valence-corrected chi connectivity index (χ1v) is 5.35. The van der Waals surface area contributed by atoms with Gasteiger partial charge in [-0.1, -0.05) is 24.3 Å². The van der Waals surface area contributed by atoms with Gasteiger partial charge in [0.15, 0.2) is 0 Å². The van der Waals surface area contributed by atoms with Crippen LogP contribution in [0, 0.1) is 0 Å². The molecule has 0 saturated carbocycles. The van der Waals surface area contributed by atoms with Gasteiger partial charge in [0.2, 0.25) is 11.3 Å². The summed E-state index contributed by atoms with van der Waals surface area (Å²) in [6.45, 7) is 0. The Bertz CT molecular complexity index is 380. The topological polar surface area (TPSA) is 38.3 Å². The first kappa shape index (κ1) is 7.67. The van der Waals surface area contributed by atoms with Crippen molar-refractivity contribution < 1.29 is 8.39 Å². The van der Waals surface area contributed by atoms with Crippen molar-refractivity contribution in [3.8, 4) is 0 Å². The van der Waals surface area contributed by atoms with E-state index < -0.39 is 11.3 Å².